The Balaban J connectivity index is 1.51. The summed E-state index contributed by atoms with van der Waals surface area (Å²) >= 11 is 5.88. The number of carbonyl (C=O) groups is 1. The predicted molar refractivity (Wildman–Crippen MR) is 99.3 cm³/mol. The molecule has 2 aromatic rings. The number of aromatic nitrogens is 1. The van der Waals surface area contributed by atoms with Crippen LogP contribution in [0.2, 0.25) is 5.02 Å². The van der Waals surface area contributed by atoms with Crippen molar-refractivity contribution in [3.05, 3.63) is 53.2 Å². The first-order valence-electron chi connectivity index (χ1n) is 8.57. The van der Waals surface area contributed by atoms with Crippen LogP contribution in [0, 0.1) is 0 Å². The molecule has 0 aliphatic carbocycles. The quantitative estimate of drug-likeness (QED) is 0.732. The number of carbonyl (C=O) groups excluding carboxylic acids is 1. The maximum atomic E-state index is 12.7. The van der Waals surface area contributed by atoms with Gasteiger partial charge in [0, 0.05) is 48.8 Å². The molecule has 2 aliphatic rings. The molecule has 2 aliphatic heterocycles. The summed E-state index contributed by atoms with van der Waals surface area (Å²) in [6.45, 7) is 1.07. The molecule has 0 bridgehead atoms. The van der Waals surface area contributed by atoms with Crippen molar-refractivity contribution in [2.75, 3.05) is 19.6 Å². The lowest BCUT2D eigenvalue weighted by atomic mass is 9.90. The second kappa shape index (κ2) is 6.87. The first kappa shape index (κ1) is 18.4. The molecular formula is C18H18ClN3O4S. The lowest BCUT2D eigenvalue weighted by Gasteiger charge is -2.40. The zero-order valence-corrected chi connectivity index (χ0v) is 16.0. The van der Waals surface area contributed by atoms with E-state index in [0.29, 0.717) is 36.5 Å². The summed E-state index contributed by atoms with van der Waals surface area (Å²) in [4.78, 5) is 18.6. The van der Waals surface area contributed by atoms with Crippen molar-refractivity contribution >= 4 is 27.9 Å². The van der Waals surface area contributed by atoms with Gasteiger partial charge in [-0.1, -0.05) is 15.8 Å². The number of amides is 1. The van der Waals surface area contributed by atoms with E-state index in [1.807, 2.05) is 0 Å². The fourth-order valence-electron chi connectivity index (χ4n) is 3.37. The van der Waals surface area contributed by atoms with Gasteiger partial charge in [0.05, 0.1) is 6.54 Å². The highest BCUT2D eigenvalue weighted by Crippen LogP contribution is 2.35. The number of benzene rings is 1. The van der Waals surface area contributed by atoms with Gasteiger partial charge < -0.3 is 14.2 Å². The maximum Gasteiger partial charge on any atom is 0.272 e. The van der Waals surface area contributed by atoms with Gasteiger partial charge in [-0.3, -0.25) is 4.79 Å². The van der Waals surface area contributed by atoms with E-state index in [1.54, 1.807) is 35.2 Å². The Morgan fingerprint density at radius 1 is 1.26 bits per heavy atom. The predicted octanol–water partition coefficient (Wildman–Crippen LogP) is 2.30. The SMILES string of the molecule is O=C(c1ccc(Cl)cc1)N1CCC2(CC1)CN[S+](=O)([O-])c1cccnc1O2. The molecule has 7 nitrogen and oxygen atoms in total. The summed E-state index contributed by atoms with van der Waals surface area (Å²) in [7, 11) is -3.66. The van der Waals surface area contributed by atoms with E-state index in [1.165, 1.54) is 12.3 Å². The number of rotatable bonds is 1. The van der Waals surface area contributed by atoms with Crippen LogP contribution in [0.5, 0.6) is 5.88 Å². The Bertz CT molecular complexity index is 913. The Kier molecular flexibility index (Phi) is 4.67. The number of pyridine rings is 1. The van der Waals surface area contributed by atoms with Crippen LogP contribution < -0.4 is 9.46 Å². The molecule has 9 heteroatoms. The van der Waals surface area contributed by atoms with E-state index in [-0.39, 0.29) is 23.2 Å². The van der Waals surface area contributed by atoms with Crippen LogP contribution >= 0.6 is 11.6 Å². The number of halogens is 1. The third-order valence-electron chi connectivity index (χ3n) is 4.98. The Morgan fingerprint density at radius 3 is 2.67 bits per heavy atom. The van der Waals surface area contributed by atoms with Crippen LogP contribution in [-0.4, -0.2) is 45.6 Å². The van der Waals surface area contributed by atoms with Crippen molar-refractivity contribution in [1.29, 1.82) is 0 Å². The standard InChI is InChI=1S/C18H18ClN3O4S/c19-14-5-3-13(4-6-14)17(23)22-10-7-18(8-11-22)12-21-27(24,25)15-2-1-9-20-16(15)26-18/h1-6,9H,7-8,10-12H2,(H-,21,24,25). The minimum atomic E-state index is -3.66. The largest absolute Gasteiger partial charge is 0.593 e. The van der Waals surface area contributed by atoms with Crippen molar-refractivity contribution in [1.82, 2.24) is 14.6 Å². The maximum absolute atomic E-state index is 12.7. The number of nitrogens with one attached hydrogen (secondary N) is 1. The third-order valence-corrected chi connectivity index (χ3v) is 6.64. The number of hydrogen-bond donors (Lipinski definition) is 1. The molecule has 1 saturated heterocycles. The van der Waals surface area contributed by atoms with E-state index in [9.17, 15) is 13.6 Å². The Hall–Kier alpha value is -2.00. The molecule has 1 N–H and O–H groups in total. The lowest BCUT2D eigenvalue weighted by Crippen LogP contribution is -2.54. The van der Waals surface area contributed by atoms with Gasteiger partial charge >= 0.3 is 0 Å². The van der Waals surface area contributed by atoms with Gasteiger partial charge in [-0.25, -0.2) is 4.98 Å². The molecule has 1 unspecified atom stereocenters. The molecule has 142 valence electrons. The molecule has 1 aromatic heterocycles. The minimum absolute atomic E-state index is 0.0431. The number of hydrogen-bond acceptors (Lipinski definition) is 5. The monoisotopic (exact) mass is 407 g/mol. The van der Waals surface area contributed by atoms with Gasteiger partial charge in [-0.2, -0.15) is 0 Å². The van der Waals surface area contributed by atoms with Crippen LogP contribution in [0.3, 0.4) is 0 Å². The van der Waals surface area contributed by atoms with Gasteiger partial charge in [0.2, 0.25) is 4.90 Å². The number of sulfonamides is 1. The summed E-state index contributed by atoms with van der Waals surface area (Å²) in [6.07, 6.45) is 2.52. The summed E-state index contributed by atoms with van der Waals surface area (Å²) in [6, 6.07) is 9.81. The Morgan fingerprint density at radius 2 is 1.96 bits per heavy atom. The van der Waals surface area contributed by atoms with Gasteiger partial charge in [-0.15, -0.1) is 4.72 Å². The summed E-state index contributed by atoms with van der Waals surface area (Å²) < 4.78 is 33.5. The van der Waals surface area contributed by atoms with E-state index in [4.69, 9.17) is 16.3 Å². The fourth-order valence-corrected chi connectivity index (χ4v) is 4.69. The number of likely N-dealkylation sites (tertiary alicyclic amines) is 1. The first-order valence-corrected chi connectivity index (χ1v) is 10.4. The minimum Gasteiger partial charge on any atom is -0.593 e. The lowest BCUT2D eigenvalue weighted by molar-refractivity contribution is 0.00452. The number of nitrogens with zero attached hydrogens (tertiary/aromatic N) is 2. The molecule has 27 heavy (non-hydrogen) atoms. The molecular weight excluding hydrogens is 390 g/mol. The molecule has 1 amide bonds. The molecule has 1 spiro atoms. The van der Waals surface area contributed by atoms with Crippen LogP contribution in [0.1, 0.15) is 23.2 Å². The van der Waals surface area contributed by atoms with Crippen LogP contribution in [-0.2, 0) is 14.6 Å². The average Bonchev–Trinajstić information content (AvgIpc) is 2.78. The van der Waals surface area contributed by atoms with Crippen molar-refractivity contribution in [2.45, 2.75) is 23.3 Å². The van der Waals surface area contributed by atoms with E-state index in [2.05, 4.69) is 9.71 Å². The number of ether oxygens (including phenoxy) is 1. The molecule has 1 fully saturated rings. The van der Waals surface area contributed by atoms with Gasteiger partial charge in [-0.05, 0) is 30.3 Å². The van der Waals surface area contributed by atoms with E-state index < -0.39 is 16.0 Å². The highest BCUT2D eigenvalue weighted by Gasteiger charge is 2.45. The number of fused-ring (bicyclic) bond motifs is 1. The highest BCUT2D eigenvalue weighted by molar-refractivity contribution is 7.95. The topological polar surface area (TPSA) is 94.6 Å². The summed E-state index contributed by atoms with van der Waals surface area (Å²) in [5.41, 5.74) is -0.145. The smallest absolute Gasteiger partial charge is 0.272 e. The van der Waals surface area contributed by atoms with Crippen LogP contribution in [0.4, 0.5) is 0 Å². The molecule has 4 rings (SSSR count). The number of piperidine rings is 1. The normalized spacial score (nSPS) is 24.0. The molecule has 3 heterocycles. The highest BCUT2D eigenvalue weighted by atomic mass is 35.5. The third kappa shape index (κ3) is 3.58. The van der Waals surface area contributed by atoms with Crippen LogP contribution in [0.15, 0.2) is 47.5 Å². The van der Waals surface area contributed by atoms with Gasteiger partial charge in [0.1, 0.15) is 5.60 Å². The van der Waals surface area contributed by atoms with E-state index >= 15 is 0 Å². The zero-order valence-electron chi connectivity index (χ0n) is 14.4. The summed E-state index contributed by atoms with van der Waals surface area (Å²) in [5.74, 6) is 0.0363. The Labute approximate surface area is 163 Å². The van der Waals surface area contributed by atoms with Crippen molar-refractivity contribution < 1.29 is 18.3 Å². The first-order chi connectivity index (χ1) is 12.9. The second-order valence-electron chi connectivity index (χ2n) is 6.72. The fraction of sp³-hybridized carbons (Fsp3) is 0.333. The van der Waals surface area contributed by atoms with Gasteiger partial charge in [0.25, 0.3) is 11.8 Å². The van der Waals surface area contributed by atoms with Crippen molar-refractivity contribution in [2.24, 2.45) is 0 Å². The molecule has 0 saturated carbocycles. The summed E-state index contributed by atoms with van der Waals surface area (Å²) in [5, 5.41) is 0.578. The molecule has 0 radical (unpaired) electrons. The zero-order chi connectivity index (χ0) is 19.1. The van der Waals surface area contributed by atoms with E-state index in [0.717, 1.165) is 0 Å². The van der Waals surface area contributed by atoms with Gasteiger partial charge in [0.15, 0.2) is 10.4 Å². The molecule has 1 atom stereocenters. The van der Waals surface area contributed by atoms with Crippen molar-refractivity contribution in [3.8, 4) is 5.88 Å². The van der Waals surface area contributed by atoms with Crippen molar-refractivity contribution in [3.63, 3.8) is 0 Å². The van der Waals surface area contributed by atoms with Crippen LogP contribution in [0.25, 0.3) is 0 Å². The second-order valence-corrected chi connectivity index (χ2v) is 8.89. The molecule has 1 aromatic carbocycles. The average molecular weight is 408 g/mol.